The van der Waals surface area contributed by atoms with E-state index in [1.165, 1.54) is 18.4 Å². The monoisotopic (exact) mass is 280 g/mol. The Hall–Kier alpha value is -0.910. The Morgan fingerprint density at radius 2 is 2.45 bits per heavy atom. The SMILES string of the molecule is CCCNC(CN(C)Cc1cnn(C)c1)C1CCOC1. The molecule has 2 unspecified atom stereocenters. The van der Waals surface area contributed by atoms with Crippen LogP contribution in [0.4, 0.5) is 0 Å². The minimum Gasteiger partial charge on any atom is -0.381 e. The highest BCUT2D eigenvalue weighted by molar-refractivity contribution is 5.03. The summed E-state index contributed by atoms with van der Waals surface area (Å²) in [5.74, 6) is 0.651. The van der Waals surface area contributed by atoms with Gasteiger partial charge in [-0.05, 0) is 26.4 Å². The quantitative estimate of drug-likeness (QED) is 0.778. The second kappa shape index (κ2) is 7.76. The average Bonchev–Trinajstić information content (AvgIpc) is 3.06. The highest BCUT2D eigenvalue weighted by Gasteiger charge is 2.26. The number of hydrogen-bond acceptors (Lipinski definition) is 4. The number of hydrogen-bond donors (Lipinski definition) is 1. The molecule has 0 saturated carbocycles. The third-order valence-electron chi connectivity index (χ3n) is 3.91. The van der Waals surface area contributed by atoms with Crippen molar-refractivity contribution in [2.24, 2.45) is 13.0 Å². The van der Waals surface area contributed by atoms with Crippen LogP contribution in [0.15, 0.2) is 12.4 Å². The van der Waals surface area contributed by atoms with Crippen LogP contribution in [0.5, 0.6) is 0 Å². The van der Waals surface area contributed by atoms with Crippen LogP contribution in [0.2, 0.25) is 0 Å². The van der Waals surface area contributed by atoms with Crippen molar-refractivity contribution in [3.8, 4) is 0 Å². The van der Waals surface area contributed by atoms with E-state index in [2.05, 4.69) is 35.5 Å². The fraction of sp³-hybridized carbons (Fsp3) is 0.800. The van der Waals surface area contributed by atoms with Gasteiger partial charge in [0.1, 0.15) is 0 Å². The smallest absolute Gasteiger partial charge is 0.0534 e. The molecule has 2 rings (SSSR count). The third kappa shape index (κ3) is 4.58. The number of aromatic nitrogens is 2. The van der Waals surface area contributed by atoms with Crippen molar-refractivity contribution < 1.29 is 4.74 Å². The van der Waals surface area contributed by atoms with Crippen LogP contribution in [0, 0.1) is 5.92 Å². The van der Waals surface area contributed by atoms with Gasteiger partial charge in [0.15, 0.2) is 0 Å². The van der Waals surface area contributed by atoms with Crippen molar-refractivity contribution in [2.75, 3.05) is 33.4 Å². The van der Waals surface area contributed by atoms with Crippen molar-refractivity contribution in [3.05, 3.63) is 18.0 Å². The number of nitrogens with one attached hydrogen (secondary N) is 1. The molecule has 0 spiro atoms. The first-order valence-electron chi connectivity index (χ1n) is 7.66. The summed E-state index contributed by atoms with van der Waals surface area (Å²) in [4.78, 5) is 2.38. The number of likely N-dealkylation sites (N-methyl/N-ethyl adjacent to an activating group) is 1. The number of ether oxygens (including phenoxy) is 1. The topological polar surface area (TPSA) is 42.3 Å². The summed E-state index contributed by atoms with van der Waals surface area (Å²) in [6.45, 7) is 7.13. The van der Waals surface area contributed by atoms with Crippen molar-refractivity contribution in [2.45, 2.75) is 32.4 Å². The van der Waals surface area contributed by atoms with Crippen molar-refractivity contribution in [1.29, 1.82) is 0 Å². The van der Waals surface area contributed by atoms with Crippen LogP contribution in [-0.2, 0) is 18.3 Å². The summed E-state index contributed by atoms with van der Waals surface area (Å²) < 4.78 is 7.41. The van der Waals surface area contributed by atoms with E-state index >= 15 is 0 Å². The summed E-state index contributed by atoms with van der Waals surface area (Å²) >= 11 is 0. The minimum atomic E-state index is 0.527. The lowest BCUT2D eigenvalue weighted by Gasteiger charge is -2.28. The fourth-order valence-corrected chi connectivity index (χ4v) is 2.85. The average molecular weight is 280 g/mol. The molecule has 0 aliphatic carbocycles. The van der Waals surface area contributed by atoms with E-state index < -0.39 is 0 Å². The highest BCUT2D eigenvalue weighted by Crippen LogP contribution is 2.18. The van der Waals surface area contributed by atoms with Crippen LogP contribution in [0.1, 0.15) is 25.3 Å². The van der Waals surface area contributed by atoms with Crippen LogP contribution >= 0.6 is 0 Å². The molecule has 114 valence electrons. The minimum absolute atomic E-state index is 0.527. The van der Waals surface area contributed by atoms with Gasteiger partial charge in [-0.15, -0.1) is 0 Å². The largest absolute Gasteiger partial charge is 0.381 e. The highest BCUT2D eigenvalue weighted by atomic mass is 16.5. The van der Waals surface area contributed by atoms with Gasteiger partial charge in [0.2, 0.25) is 0 Å². The molecule has 1 saturated heterocycles. The van der Waals surface area contributed by atoms with Crippen molar-refractivity contribution in [3.63, 3.8) is 0 Å². The Labute approximate surface area is 122 Å². The lowest BCUT2D eigenvalue weighted by Crippen LogP contribution is -2.45. The van der Waals surface area contributed by atoms with Gasteiger partial charge in [-0.3, -0.25) is 4.68 Å². The molecular formula is C15H28N4O. The molecule has 1 N–H and O–H groups in total. The van der Waals surface area contributed by atoms with E-state index in [1.54, 1.807) is 0 Å². The van der Waals surface area contributed by atoms with Gasteiger partial charge in [0, 0.05) is 50.5 Å². The summed E-state index contributed by atoms with van der Waals surface area (Å²) in [6, 6.07) is 0.527. The normalized spacial score (nSPS) is 20.7. The van der Waals surface area contributed by atoms with Gasteiger partial charge in [-0.2, -0.15) is 5.10 Å². The zero-order valence-corrected chi connectivity index (χ0v) is 13.0. The molecule has 2 atom stereocenters. The van der Waals surface area contributed by atoms with Gasteiger partial charge in [-0.25, -0.2) is 0 Å². The molecule has 5 nitrogen and oxygen atoms in total. The summed E-state index contributed by atoms with van der Waals surface area (Å²) in [5.41, 5.74) is 1.27. The van der Waals surface area contributed by atoms with Crippen LogP contribution in [0.25, 0.3) is 0 Å². The Bertz CT molecular complexity index is 387. The van der Waals surface area contributed by atoms with E-state index in [0.717, 1.165) is 32.8 Å². The Kier molecular flexibility index (Phi) is 6.01. The lowest BCUT2D eigenvalue weighted by atomic mass is 9.98. The number of nitrogens with zero attached hydrogens (tertiary/aromatic N) is 3. The molecular weight excluding hydrogens is 252 g/mol. The molecule has 1 aromatic rings. The van der Waals surface area contributed by atoms with Crippen LogP contribution in [-0.4, -0.2) is 54.1 Å². The third-order valence-corrected chi connectivity index (χ3v) is 3.91. The summed E-state index contributed by atoms with van der Waals surface area (Å²) in [5, 5.41) is 7.92. The van der Waals surface area contributed by atoms with E-state index in [1.807, 2.05) is 17.9 Å². The Morgan fingerprint density at radius 3 is 3.05 bits per heavy atom. The molecule has 1 aliphatic rings. The predicted octanol–water partition coefficient (Wildman–Crippen LogP) is 1.26. The summed E-state index contributed by atoms with van der Waals surface area (Å²) in [6.07, 6.45) is 6.39. The number of aryl methyl sites for hydroxylation is 1. The Balaban J connectivity index is 1.85. The van der Waals surface area contributed by atoms with Gasteiger partial charge < -0.3 is 15.0 Å². The van der Waals surface area contributed by atoms with Crippen molar-refractivity contribution in [1.82, 2.24) is 20.0 Å². The zero-order valence-electron chi connectivity index (χ0n) is 13.0. The molecule has 1 aliphatic heterocycles. The lowest BCUT2D eigenvalue weighted by molar-refractivity contribution is 0.165. The summed E-state index contributed by atoms with van der Waals surface area (Å²) in [7, 11) is 4.15. The maximum absolute atomic E-state index is 5.55. The first-order chi connectivity index (χ1) is 9.69. The van der Waals surface area contributed by atoms with Crippen LogP contribution < -0.4 is 5.32 Å². The molecule has 0 radical (unpaired) electrons. The molecule has 20 heavy (non-hydrogen) atoms. The zero-order chi connectivity index (χ0) is 14.4. The second-order valence-corrected chi connectivity index (χ2v) is 5.90. The van der Waals surface area contributed by atoms with Gasteiger partial charge >= 0.3 is 0 Å². The molecule has 1 aromatic heterocycles. The van der Waals surface area contributed by atoms with E-state index in [9.17, 15) is 0 Å². The van der Waals surface area contributed by atoms with Gasteiger partial charge in [0.05, 0.1) is 12.8 Å². The first-order valence-corrected chi connectivity index (χ1v) is 7.66. The second-order valence-electron chi connectivity index (χ2n) is 5.90. The first kappa shape index (κ1) is 15.5. The standard InChI is InChI=1S/C15H28N4O/c1-4-6-16-15(14-5-7-20-12-14)11-18(2)9-13-8-17-19(3)10-13/h8,10,14-16H,4-7,9,11-12H2,1-3H3. The van der Waals surface area contributed by atoms with E-state index in [0.29, 0.717) is 12.0 Å². The molecule has 0 amide bonds. The van der Waals surface area contributed by atoms with Crippen LogP contribution in [0.3, 0.4) is 0 Å². The molecule has 2 heterocycles. The maximum Gasteiger partial charge on any atom is 0.0534 e. The Morgan fingerprint density at radius 1 is 1.60 bits per heavy atom. The molecule has 5 heteroatoms. The maximum atomic E-state index is 5.55. The van der Waals surface area contributed by atoms with E-state index in [4.69, 9.17) is 4.74 Å². The van der Waals surface area contributed by atoms with Gasteiger partial charge in [0.25, 0.3) is 0 Å². The molecule has 0 aromatic carbocycles. The number of rotatable bonds is 8. The van der Waals surface area contributed by atoms with E-state index in [-0.39, 0.29) is 0 Å². The molecule has 1 fully saturated rings. The fourth-order valence-electron chi connectivity index (χ4n) is 2.85. The molecule has 0 bridgehead atoms. The van der Waals surface area contributed by atoms with Gasteiger partial charge in [-0.1, -0.05) is 6.92 Å². The predicted molar refractivity (Wildman–Crippen MR) is 80.5 cm³/mol. The van der Waals surface area contributed by atoms with Crippen molar-refractivity contribution >= 4 is 0 Å².